The lowest BCUT2D eigenvalue weighted by Gasteiger charge is -2.25. The van der Waals surface area contributed by atoms with Crippen LogP contribution < -0.4 is 15.4 Å². The van der Waals surface area contributed by atoms with Gasteiger partial charge in [-0.15, -0.1) is 0 Å². The molecule has 0 radical (unpaired) electrons. The highest BCUT2D eigenvalue weighted by molar-refractivity contribution is 5.89. The van der Waals surface area contributed by atoms with Crippen molar-refractivity contribution in [1.29, 1.82) is 0 Å². The summed E-state index contributed by atoms with van der Waals surface area (Å²) in [7, 11) is 1.63. The first-order valence-corrected chi connectivity index (χ1v) is 7.66. The molecule has 1 aliphatic heterocycles. The minimum atomic E-state index is -0.0317. The number of nitrogens with one attached hydrogen (secondary N) is 2. The van der Waals surface area contributed by atoms with Gasteiger partial charge in [0.25, 0.3) is 0 Å². The van der Waals surface area contributed by atoms with Crippen LogP contribution in [0.15, 0.2) is 24.3 Å². The van der Waals surface area contributed by atoms with E-state index in [1.54, 1.807) is 7.11 Å². The zero-order valence-corrected chi connectivity index (χ0v) is 12.9. The molecule has 1 unspecified atom stereocenters. The van der Waals surface area contributed by atoms with Crippen LogP contribution in [0.25, 0.3) is 0 Å². The largest absolute Gasteiger partial charge is 0.497 e. The number of hydrogen-bond acceptors (Lipinski definition) is 3. The number of methoxy groups -OCH3 is 1. The third kappa shape index (κ3) is 4.63. The number of benzene rings is 1. The predicted octanol–water partition coefficient (Wildman–Crippen LogP) is 2.69. The smallest absolute Gasteiger partial charge is 0.321 e. The first-order chi connectivity index (χ1) is 10.2. The molecule has 1 atom stereocenters. The average Bonchev–Trinajstić information content (AvgIpc) is 3.00. The maximum atomic E-state index is 12.4. The number of carbonyl (C=O) groups excluding carboxylic acids is 1. The van der Waals surface area contributed by atoms with Gasteiger partial charge in [-0.05, 0) is 50.1 Å². The summed E-state index contributed by atoms with van der Waals surface area (Å²) >= 11 is 0. The van der Waals surface area contributed by atoms with Crippen molar-refractivity contribution in [3.63, 3.8) is 0 Å². The summed E-state index contributed by atoms with van der Waals surface area (Å²) in [6.45, 7) is 4.70. The van der Waals surface area contributed by atoms with Crippen LogP contribution in [0.1, 0.15) is 26.2 Å². The number of carbonyl (C=O) groups is 1. The van der Waals surface area contributed by atoms with Crippen molar-refractivity contribution in [1.82, 2.24) is 10.2 Å². The summed E-state index contributed by atoms with van der Waals surface area (Å²) in [6, 6.07) is 7.80. The van der Waals surface area contributed by atoms with Crippen molar-refractivity contribution in [2.75, 3.05) is 32.1 Å². The highest BCUT2D eigenvalue weighted by Crippen LogP contribution is 2.16. The summed E-state index contributed by atoms with van der Waals surface area (Å²) in [4.78, 5) is 14.3. The summed E-state index contributed by atoms with van der Waals surface area (Å²) in [5.41, 5.74) is 0.793. The summed E-state index contributed by atoms with van der Waals surface area (Å²) in [5, 5.41) is 6.40. The van der Waals surface area contributed by atoms with Crippen molar-refractivity contribution < 1.29 is 9.53 Å². The Balaban J connectivity index is 1.92. The van der Waals surface area contributed by atoms with Crippen LogP contribution >= 0.6 is 0 Å². The van der Waals surface area contributed by atoms with E-state index in [0.717, 1.165) is 43.9 Å². The van der Waals surface area contributed by atoms with Gasteiger partial charge in [-0.25, -0.2) is 4.79 Å². The molecule has 0 aliphatic carbocycles. The normalized spacial score (nSPS) is 17.5. The molecule has 0 saturated carbocycles. The fourth-order valence-corrected chi connectivity index (χ4v) is 2.60. The third-order valence-electron chi connectivity index (χ3n) is 3.73. The number of rotatable bonds is 6. The van der Waals surface area contributed by atoms with Crippen molar-refractivity contribution >= 4 is 11.7 Å². The monoisotopic (exact) mass is 291 g/mol. The molecule has 1 aromatic carbocycles. The van der Waals surface area contributed by atoms with Gasteiger partial charge in [0.2, 0.25) is 0 Å². The Labute approximate surface area is 126 Å². The number of hydrogen-bond donors (Lipinski definition) is 2. The van der Waals surface area contributed by atoms with Crippen LogP contribution in [-0.2, 0) is 0 Å². The van der Waals surface area contributed by atoms with Crippen molar-refractivity contribution in [2.24, 2.45) is 0 Å². The number of urea groups is 1. The lowest BCUT2D eigenvalue weighted by Crippen LogP contribution is -2.43. The number of amides is 2. The fraction of sp³-hybridized carbons (Fsp3) is 0.562. The molecule has 0 spiro atoms. The van der Waals surface area contributed by atoms with Gasteiger partial charge in [0.05, 0.1) is 7.11 Å². The first kappa shape index (κ1) is 15.6. The molecule has 21 heavy (non-hydrogen) atoms. The Hall–Kier alpha value is -1.75. The minimum absolute atomic E-state index is 0.0317. The van der Waals surface area contributed by atoms with Crippen molar-refractivity contribution in [3.8, 4) is 5.75 Å². The van der Waals surface area contributed by atoms with Crippen LogP contribution in [0.3, 0.4) is 0 Å². The zero-order valence-electron chi connectivity index (χ0n) is 12.9. The molecule has 116 valence electrons. The maximum Gasteiger partial charge on any atom is 0.321 e. The fourth-order valence-electron chi connectivity index (χ4n) is 2.60. The lowest BCUT2D eigenvalue weighted by atomic mass is 10.2. The van der Waals surface area contributed by atoms with Crippen LogP contribution in [0, 0.1) is 0 Å². The molecule has 1 saturated heterocycles. The SMILES string of the molecule is CCCN(CC1CCCN1)C(=O)Nc1ccc(OC)cc1. The van der Waals surface area contributed by atoms with E-state index in [1.807, 2.05) is 29.2 Å². The second-order valence-corrected chi connectivity index (χ2v) is 5.40. The van der Waals surface area contributed by atoms with E-state index < -0.39 is 0 Å². The van der Waals surface area contributed by atoms with Crippen molar-refractivity contribution in [3.05, 3.63) is 24.3 Å². The number of nitrogens with zero attached hydrogens (tertiary/aromatic N) is 1. The van der Waals surface area contributed by atoms with Gasteiger partial charge in [-0.1, -0.05) is 6.92 Å². The molecule has 2 rings (SSSR count). The quantitative estimate of drug-likeness (QED) is 0.847. The molecular weight excluding hydrogens is 266 g/mol. The topological polar surface area (TPSA) is 53.6 Å². The van der Waals surface area contributed by atoms with Gasteiger partial charge in [0, 0.05) is 24.8 Å². The molecule has 1 aromatic rings. The van der Waals surface area contributed by atoms with E-state index in [-0.39, 0.29) is 6.03 Å². The summed E-state index contributed by atoms with van der Waals surface area (Å²) in [6.07, 6.45) is 3.31. The van der Waals surface area contributed by atoms with Gasteiger partial charge in [0.15, 0.2) is 0 Å². The van der Waals surface area contributed by atoms with Crippen LogP contribution in [0.5, 0.6) is 5.75 Å². The molecule has 2 N–H and O–H groups in total. The van der Waals surface area contributed by atoms with E-state index in [0.29, 0.717) is 6.04 Å². The third-order valence-corrected chi connectivity index (χ3v) is 3.73. The molecular formula is C16H25N3O2. The summed E-state index contributed by atoms with van der Waals surface area (Å²) in [5.74, 6) is 0.786. The van der Waals surface area contributed by atoms with Crippen LogP contribution in [0.2, 0.25) is 0 Å². The highest BCUT2D eigenvalue weighted by Gasteiger charge is 2.20. The van der Waals surface area contributed by atoms with Crippen molar-refractivity contribution in [2.45, 2.75) is 32.2 Å². The Bertz CT molecular complexity index is 441. The highest BCUT2D eigenvalue weighted by atomic mass is 16.5. The van der Waals surface area contributed by atoms with Gasteiger partial charge >= 0.3 is 6.03 Å². The zero-order chi connectivity index (χ0) is 15.1. The number of ether oxygens (including phenoxy) is 1. The molecule has 0 aromatic heterocycles. The Morgan fingerprint density at radius 1 is 1.43 bits per heavy atom. The van der Waals surface area contributed by atoms with E-state index in [9.17, 15) is 4.79 Å². The van der Waals surface area contributed by atoms with Gasteiger partial charge in [-0.2, -0.15) is 0 Å². The predicted molar refractivity (Wildman–Crippen MR) is 84.9 cm³/mol. The van der Waals surface area contributed by atoms with E-state index >= 15 is 0 Å². The second kappa shape index (κ2) is 7.88. The molecule has 0 bridgehead atoms. The number of anilines is 1. The Kier molecular flexibility index (Phi) is 5.87. The molecule has 5 heteroatoms. The minimum Gasteiger partial charge on any atom is -0.497 e. The first-order valence-electron chi connectivity index (χ1n) is 7.66. The van der Waals surface area contributed by atoms with E-state index in [4.69, 9.17) is 4.74 Å². The van der Waals surface area contributed by atoms with Crippen LogP contribution in [-0.4, -0.2) is 43.7 Å². The Morgan fingerprint density at radius 3 is 2.76 bits per heavy atom. The van der Waals surface area contributed by atoms with Crippen LogP contribution in [0.4, 0.5) is 10.5 Å². The van der Waals surface area contributed by atoms with Gasteiger partial charge in [-0.3, -0.25) is 0 Å². The second-order valence-electron chi connectivity index (χ2n) is 5.40. The van der Waals surface area contributed by atoms with Gasteiger partial charge < -0.3 is 20.3 Å². The summed E-state index contributed by atoms with van der Waals surface area (Å²) < 4.78 is 5.12. The molecule has 1 aliphatic rings. The maximum absolute atomic E-state index is 12.4. The molecule has 1 fully saturated rings. The molecule has 5 nitrogen and oxygen atoms in total. The molecule has 1 heterocycles. The van der Waals surface area contributed by atoms with Gasteiger partial charge in [0.1, 0.15) is 5.75 Å². The lowest BCUT2D eigenvalue weighted by molar-refractivity contribution is 0.206. The molecule has 2 amide bonds. The Morgan fingerprint density at radius 2 is 2.19 bits per heavy atom. The standard InChI is InChI=1S/C16H25N3O2/c1-3-11-19(12-14-5-4-10-17-14)16(20)18-13-6-8-15(21-2)9-7-13/h6-9,14,17H,3-5,10-12H2,1-2H3,(H,18,20). The van der Waals surface area contributed by atoms with E-state index in [1.165, 1.54) is 6.42 Å². The average molecular weight is 291 g/mol. The van der Waals surface area contributed by atoms with E-state index in [2.05, 4.69) is 17.6 Å².